The number of anilines is 1. The van der Waals surface area contributed by atoms with E-state index in [0.29, 0.717) is 31.7 Å². The van der Waals surface area contributed by atoms with Crippen molar-refractivity contribution in [3.8, 4) is 17.1 Å². The Morgan fingerprint density at radius 2 is 1.55 bits per heavy atom. The van der Waals surface area contributed by atoms with Crippen molar-refractivity contribution in [1.29, 1.82) is 0 Å². The number of hydrogen-bond acceptors (Lipinski definition) is 4. The molecule has 4 aromatic rings. The molecular formula is C22H15Cl3N4OS. The summed E-state index contributed by atoms with van der Waals surface area (Å²) in [5, 5.41) is 13.6. The summed E-state index contributed by atoms with van der Waals surface area (Å²) in [5.41, 5.74) is 2.29. The van der Waals surface area contributed by atoms with Gasteiger partial charge in [0.1, 0.15) is 0 Å². The molecule has 1 heterocycles. The molecule has 156 valence electrons. The van der Waals surface area contributed by atoms with Gasteiger partial charge < -0.3 is 5.32 Å². The third-order valence-corrected chi connectivity index (χ3v) is 5.85. The van der Waals surface area contributed by atoms with E-state index in [2.05, 4.69) is 15.5 Å². The molecule has 1 N–H and O–H groups in total. The molecular weight excluding hydrogens is 475 g/mol. The first-order valence-corrected chi connectivity index (χ1v) is 11.3. The molecule has 0 spiro atoms. The number of para-hydroxylation sites is 1. The number of nitrogens with one attached hydrogen (secondary N) is 1. The number of aromatic nitrogens is 3. The lowest BCUT2D eigenvalue weighted by molar-refractivity contribution is -0.113. The summed E-state index contributed by atoms with van der Waals surface area (Å²) in [5.74, 6) is 0.585. The number of benzene rings is 3. The molecule has 0 atom stereocenters. The summed E-state index contributed by atoms with van der Waals surface area (Å²) in [6, 6.07) is 22.0. The van der Waals surface area contributed by atoms with Gasteiger partial charge in [0.2, 0.25) is 5.91 Å². The van der Waals surface area contributed by atoms with E-state index in [-0.39, 0.29) is 11.7 Å². The number of halogens is 3. The van der Waals surface area contributed by atoms with Crippen molar-refractivity contribution >= 4 is 58.2 Å². The molecule has 1 amide bonds. The Morgan fingerprint density at radius 3 is 2.23 bits per heavy atom. The highest BCUT2D eigenvalue weighted by molar-refractivity contribution is 7.99. The van der Waals surface area contributed by atoms with Crippen LogP contribution >= 0.6 is 46.6 Å². The summed E-state index contributed by atoms with van der Waals surface area (Å²) >= 11 is 19.3. The molecule has 0 aliphatic rings. The predicted octanol–water partition coefficient (Wildman–Crippen LogP) is 6.63. The van der Waals surface area contributed by atoms with Crippen molar-refractivity contribution < 1.29 is 4.79 Å². The zero-order valence-electron chi connectivity index (χ0n) is 15.9. The minimum atomic E-state index is -0.209. The van der Waals surface area contributed by atoms with Gasteiger partial charge in [0.15, 0.2) is 11.0 Å². The summed E-state index contributed by atoms with van der Waals surface area (Å²) in [7, 11) is 0. The minimum absolute atomic E-state index is 0.135. The molecule has 0 unspecified atom stereocenters. The normalized spacial score (nSPS) is 10.8. The van der Waals surface area contributed by atoms with E-state index < -0.39 is 0 Å². The van der Waals surface area contributed by atoms with E-state index in [1.54, 1.807) is 30.3 Å². The van der Waals surface area contributed by atoms with E-state index in [9.17, 15) is 4.79 Å². The smallest absolute Gasteiger partial charge is 0.234 e. The fraction of sp³-hybridized carbons (Fsp3) is 0.0455. The predicted molar refractivity (Wildman–Crippen MR) is 128 cm³/mol. The largest absolute Gasteiger partial charge is 0.325 e. The van der Waals surface area contributed by atoms with Crippen LogP contribution in [-0.4, -0.2) is 26.4 Å². The van der Waals surface area contributed by atoms with Crippen LogP contribution in [0.15, 0.2) is 78.0 Å². The average molecular weight is 490 g/mol. The Morgan fingerprint density at radius 1 is 0.871 bits per heavy atom. The molecule has 4 rings (SSSR count). The molecule has 31 heavy (non-hydrogen) atoms. The van der Waals surface area contributed by atoms with Crippen LogP contribution < -0.4 is 5.32 Å². The van der Waals surface area contributed by atoms with E-state index in [0.717, 1.165) is 11.3 Å². The van der Waals surface area contributed by atoms with Crippen molar-refractivity contribution in [1.82, 2.24) is 14.8 Å². The van der Waals surface area contributed by atoms with Crippen LogP contribution in [0.25, 0.3) is 17.1 Å². The Balaban J connectivity index is 1.58. The lowest BCUT2D eigenvalue weighted by atomic mass is 10.2. The number of nitrogens with zero attached hydrogens (tertiary/aromatic N) is 3. The van der Waals surface area contributed by atoms with Gasteiger partial charge in [0.05, 0.1) is 5.75 Å². The molecule has 0 saturated heterocycles. The van der Waals surface area contributed by atoms with E-state index in [1.165, 1.54) is 11.8 Å². The number of carbonyl (C=O) groups excluding carboxylic acids is 1. The number of amides is 1. The molecule has 0 saturated carbocycles. The zero-order valence-corrected chi connectivity index (χ0v) is 19.0. The van der Waals surface area contributed by atoms with Gasteiger partial charge in [0, 0.05) is 32.0 Å². The third-order valence-electron chi connectivity index (χ3n) is 4.23. The Bertz CT molecular complexity index is 1190. The minimum Gasteiger partial charge on any atom is -0.325 e. The fourth-order valence-electron chi connectivity index (χ4n) is 2.91. The molecule has 0 aliphatic carbocycles. The second kappa shape index (κ2) is 9.75. The van der Waals surface area contributed by atoms with Gasteiger partial charge in [-0.15, -0.1) is 10.2 Å². The quantitative estimate of drug-likeness (QED) is 0.309. The molecule has 0 bridgehead atoms. The van der Waals surface area contributed by atoms with Gasteiger partial charge in [-0.2, -0.15) is 0 Å². The standard InChI is InChI=1S/C22H15Cl3N4OS/c23-15-8-6-14(7-9-15)21-27-28-22(29(21)19-4-2-1-3-5-19)31-13-20(30)26-18-11-16(24)10-17(25)12-18/h1-12H,13H2,(H,26,30). The highest BCUT2D eigenvalue weighted by atomic mass is 35.5. The van der Waals surface area contributed by atoms with Gasteiger partial charge >= 0.3 is 0 Å². The van der Waals surface area contributed by atoms with Gasteiger partial charge in [-0.25, -0.2) is 0 Å². The first-order valence-electron chi connectivity index (χ1n) is 9.15. The molecule has 0 fully saturated rings. The van der Waals surface area contributed by atoms with Crippen molar-refractivity contribution in [3.63, 3.8) is 0 Å². The van der Waals surface area contributed by atoms with Crippen LogP contribution in [0.5, 0.6) is 0 Å². The number of hydrogen-bond donors (Lipinski definition) is 1. The first-order chi connectivity index (χ1) is 15.0. The van der Waals surface area contributed by atoms with E-state index >= 15 is 0 Å². The first kappa shape index (κ1) is 21.7. The monoisotopic (exact) mass is 488 g/mol. The van der Waals surface area contributed by atoms with Crippen molar-refractivity contribution in [3.05, 3.63) is 87.9 Å². The van der Waals surface area contributed by atoms with E-state index in [4.69, 9.17) is 34.8 Å². The molecule has 0 radical (unpaired) electrons. The summed E-state index contributed by atoms with van der Waals surface area (Å²) in [4.78, 5) is 12.5. The lowest BCUT2D eigenvalue weighted by Crippen LogP contribution is -2.14. The lowest BCUT2D eigenvalue weighted by Gasteiger charge is -2.11. The maximum absolute atomic E-state index is 12.5. The van der Waals surface area contributed by atoms with Gasteiger partial charge in [-0.1, -0.05) is 64.8 Å². The highest BCUT2D eigenvalue weighted by Crippen LogP contribution is 2.29. The molecule has 5 nitrogen and oxygen atoms in total. The van der Waals surface area contributed by atoms with Crippen molar-refractivity contribution in [2.24, 2.45) is 0 Å². The summed E-state index contributed by atoms with van der Waals surface area (Å²) < 4.78 is 1.91. The molecule has 9 heteroatoms. The van der Waals surface area contributed by atoms with Gasteiger partial charge in [-0.05, 0) is 54.6 Å². The zero-order chi connectivity index (χ0) is 21.8. The Labute approximate surface area is 198 Å². The van der Waals surface area contributed by atoms with Crippen molar-refractivity contribution in [2.75, 3.05) is 11.1 Å². The summed E-state index contributed by atoms with van der Waals surface area (Å²) in [6.45, 7) is 0. The van der Waals surface area contributed by atoms with Crippen LogP contribution in [0, 0.1) is 0 Å². The number of carbonyl (C=O) groups is 1. The molecule has 1 aromatic heterocycles. The second-order valence-electron chi connectivity index (χ2n) is 6.48. The topological polar surface area (TPSA) is 59.8 Å². The molecule has 0 aliphatic heterocycles. The third kappa shape index (κ3) is 5.40. The number of rotatable bonds is 6. The SMILES string of the molecule is O=C(CSc1nnc(-c2ccc(Cl)cc2)n1-c1ccccc1)Nc1cc(Cl)cc(Cl)c1. The number of thioether (sulfide) groups is 1. The Kier molecular flexibility index (Phi) is 6.83. The van der Waals surface area contributed by atoms with Gasteiger partial charge in [0.25, 0.3) is 0 Å². The van der Waals surface area contributed by atoms with Crippen LogP contribution in [0.1, 0.15) is 0 Å². The van der Waals surface area contributed by atoms with Crippen LogP contribution in [0.4, 0.5) is 5.69 Å². The maximum Gasteiger partial charge on any atom is 0.234 e. The maximum atomic E-state index is 12.5. The molecule has 3 aromatic carbocycles. The van der Waals surface area contributed by atoms with E-state index in [1.807, 2.05) is 47.0 Å². The van der Waals surface area contributed by atoms with Crippen molar-refractivity contribution in [2.45, 2.75) is 5.16 Å². The van der Waals surface area contributed by atoms with Crippen LogP contribution in [0.3, 0.4) is 0 Å². The van der Waals surface area contributed by atoms with Gasteiger partial charge in [-0.3, -0.25) is 9.36 Å². The van der Waals surface area contributed by atoms with Crippen LogP contribution in [-0.2, 0) is 4.79 Å². The fourth-order valence-corrected chi connectivity index (χ4v) is 4.32. The highest BCUT2D eigenvalue weighted by Gasteiger charge is 2.17. The summed E-state index contributed by atoms with van der Waals surface area (Å²) in [6.07, 6.45) is 0. The average Bonchev–Trinajstić information content (AvgIpc) is 3.16. The Hall–Kier alpha value is -2.51. The van der Waals surface area contributed by atoms with Crippen LogP contribution in [0.2, 0.25) is 15.1 Å². The second-order valence-corrected chi connectivity index (χ2v) is 8.73.